The third kappa shape index (κ3) is 2.66. The highest BCUT2D eigenvalue weighted by molar-refractivity contribution is 7.16. The zero-order valence-corrected chi connectivity index (χ0v) is 15.4. The molecule has 6 nitrogen and oxygen atoms in total. The van der Waals surface area contributed by atoms with Crippen molar-refractivity contribution in [1.82, 2.24) is 19.1 Å². The molecule has 0 bridgehead atoms. The smallest absolute Gasteiger partial charge is 0.291 e. The van der Waals surface area contributed by atoms with E-state index in [1.165, 1.54) is 11.1 Å². The van der Waals surface area contributed by atoms with Crippen molar-refractivity contribution in [2.24, 2.45) is 0 Å². The minimum Gasteiger partial charge on any atom is -0.338 e. The predicted molar refractivity (Wildman–Crippen MR) is 99.2 cm³/mol. The number of amides is 1. The highest BCUT2D eigenvalue weighted by Crippen LogP contribution is 2.24. The molecule has 132 valence electrons. The van der Waals surface area contributed by atoms with E-state index in [-0.39, 0.29) is 18.0 Å². The molecule has 3 aromatic heterocycles. The Kier molecular flexibility index (Phi) is 4.11. The molecule has 25 heavy (non-hydrogen) atoms. The van der Waals surface area contributed by atoms with Crippen LogP contribution in [0.5, 0.6) is 0 Å². The molecule has 0 unspecified atom stereocenters. The van der Waals surface area contributed by atoms with Gasteiger partial charge < -0.3 is 4.90 Å². The number of piperidine rings is 1. The molecule has 0 saturated carbocycles. The van der Waals surface area contributed by atoms with Crippen LogP contribution in [-0.4, -0.2) is 37.6 Å². The summed E-state index contributed by atoms with van der Waals surface area (Å²) < 4.78 is 3.22. The van der Waals surface area contributed by atoms with E-state index in [0.717, 1.165) is 41.8 Å². The van der Waals surface area contributed by atoms with Crippen molar-refractivity contribution >= 4 is 33.0 Å². The van der Waals surface area contributed by atoms with Gasteiger partial charge in [-0.15, -0.1) is 11.3 Å². The second kappa shape index (κ2) is 6.29. The monoisotopic (exact) mass is 358 g/mol. The van der Waals surface area contributed by atoms with E-state index in [4.69, 9.17) is 0 Å². The fourth-order valence-electron chi connectivity index (χ4n) is 3.88. The van der Waals surface area contributed by atoms with Crippen molar-refractivity contribution in [3.05, 3.63) is 33.7 Å². The van der Waals surface area contributed by atoms with Crippen molar-refractivity contribution in [2.45, 2.75) is 52.1 Å². The maximum atomic E-state index is 12.8. The summed E-state index contributed by atoms with van der Waals surface area (Å²) in [7, 11) is 0. The van der Waals surface area contributed by atoms with E-state index in [0.29, 0.717) is 11.6 Å². The van der Waals surface area contributed by atoms with E-state index in [2.05, 4.69) is 12.0 Å². The third-order valence-electron chi connectivity index (χ3n) is 5.16. The van der Waals surface area contributed by atoms with Crippen LogP contribution in [0.2, 0.25) is 0 Å². The Labute approximate surface area is 149 Å². The highest BCUT2D eigenvalue weighted by atomic mass is 32.1. The molecule has 4 heterocycles. The minimum atomic E-state index is -0.201. The molecule has 0 N–H and O–H groups in total. The van der Waals surface area contributed by atoms with Crippen LogP contribution in [0, 0.1) is 6.92 Å². The van der Waals surface area contributed by atoms with Gasteiger partial charge in [-0.05, 0) is 50.1 Å². The van der Waals surface area contributed by atoms with Crippen LogP contribution >= 0.6 is 11.3 Å². The van der Waals surface area contributed by atoms with Crippen LogP contribution in [0.25, 0.3) is 15.7 Å². The molecular formula is C18H22N4O2S. The summed E-state index contributed by atoms with van der Waals surface area (Å²) in [5.41, 5.74) is 0.389. The number of carbonyl (C=O) groups is 1. The Morgan fingerprint density at radius 1 is 1.40 bits per heavy atom. The molecule has 0 radical (unpaired) electrons. The summed E-state index contributed by atoms with van der Waals surface area (Å²) in [6.45, 7) is 4.80. The molecular weight excluding hydrogens is 336 g/mol. The summed E-state index contributed by atoms with van der Waals surface area (Å²) in [4.78, 5) is 28.6. The van der Waals surface area contributed by atoms with Crippen LogP contribution in [-0.2, 0) is 11.3 Å². The molecule has 1 fully saturated rings. The lowest BCUT2D eigenvalue weighted by molar-refractivity contribution is -0.135. The number of aryl methyl sites for hydroxylation is 1. The maximum absolute atomic E-state index is 12.8. The van der Waals surface area contributed by atoms with E-state index in [1.54, 1.807) is 11.3 Å². The van der Waals surface area contributed by atoms with Crippen molar-refractivity contribution < 1.29 is 4.79 Å². The van der Waals surface area contributed by atoms with Gasteiger partial charge in [0.25, 0.3) is 5.56 Å². The summed E-state index contributed by atoms with van der Waals surface area (Å²) >= 11 is 1.59. The normalized spacial score (nSPS) is 18.3. The Morgan fingerprint density at radius 3 is 3.04 bits per heavy atom. The topological polar surface area (TPSA) is 59.6 Å². The third-order valence-corrected chi connectivity index (χ3v) is 6.07. The number of rotatable bonds is 3. The number of hydrogen-bond donors (Lipinski definition) is 0. The Balaban J connectivity index is 1.70. The van der Waals surface area contributed by atoms with Crippen LogP contribution in [0.15, 0.2) is 22.3 Å². The zero-order chi connectivity index (χ0) is 17.6. The van der Waals surface area contributed by atoms with Crippen molar-refractivity contribution in [3.63, 3.8) is 0 Å². The van der Waals surface area contributed by atoms with Crippen LogP contribution in [0.3, 0.4) is 0 Å². The number of likely N-dealkylation sites (tertiary alicyclic amines) is 1. The average molecular weight is 358 g/mol. The van der Waals surface area contributed by atoms with Gasteiger partial charge in [0.2, 0.25) is 5.91 Å². The summed E-state index contributed by atoms with van der Waals surface area (Å²) in [5.74, 6) is 0.726. The minimum absolute atomic E-state index is 0.00160. The molecule has 4 rings (SSSR count). The first kappa shape index (κ1) is 16.3. The van der Waals surface area contributed by atoms with Gasteiger partial charge in [-0.1, -0.05) is 6.92 Å². The van der Waals surface area contributed by atoms with Crippen LogP contribution in [0.4, 0.5) is 0 Å². The molecule has 0 spiro atoms. The summed E-state index contributed by atoms with van der Waals surface area (Å²) in [6.07, 6.45) is 4.22. The molecule has 1 saturated heterocycles. The molecule has 3 aromatic rings. The van der Waals surface area contributed by atoms with Gasteiger partial charge in [0, 0.05) is 18.0 Å². The molecule has 1 aliphatic rings. The molecule has 1 amide bonds. The first-order valence-electron chi connectivity index (χ1n) is 8.86. The molecule has 0 aliphatic carbocycles. The Hall–Kier alpha value is -2.15. The quantitative estimate of drug-likeness (QED) is 0.723. The SMILES string of the molecule is CC[C@H]1CCCCN1C(=O)Cn1nc(C)n2c(cc3ccsc32)c1=O. The van der Waals surface area contributed by atoms with Gasteiger partial charge in [0.05, 0.1) is 0 Å². The second-order valence-electron chi connectivity index (χ2n) is 6.70. The van der Waals surface area contributed by atoms with Crippen LogP contribution < -0.4 is 5.56 Å². The first-order valence-corrected chi connectivity index (χ1v) is 9.74. The number of hydrogen-bond acceptors (Lipinski definition) is 4. The highest BCUT2D eigenvalue weighted by Gasteiger charge is 2.26. The largest absolute Gasteiger partial charge is 0.338 e. The van der Waals surface area contributed by atoms with Gasteiger partial charge in [0.15, 0.2) is 0 Å². The fourth-order valence-corrected chi connectivity index (χ4v) is 4.82. The standard InChI is InChI=1S/C18H22N4O2S/c1-3-14-6-4-5-8-20(14)16(23)11-21-17(24)15-10-13-7-9-25-18(13)22(15)12(2)19-21/h7,9-10,14H,3-6,8,11H2,1-2H3/t14-/m0/s1. The van der Waals surface area contributed by atoms with E-state index >= 15 is 0 Å². The average Bonchev–Trinajstić information content (AvgIpc) is 3.20. The van der Waals surface area contributed by atoms with E-state index in [1.807, 2.05) is 33.7 Å². The summed E-state index contributed by atoms with van der Waals surface area (Å²) in [5, 5.41) is 7.46. The maximum Gasteiger partial charge on any atom is 0.291 e. The molecule has 0 aromatic carbocycles. The van der Waals surface area contributed by atoms with E-state index in [9.17, 15) is 9.59 Å². The fraction of sp³-hybridized carbons (Fsp3) is 0.500. The number of carbonyl (C=O) groups excluding carboxylic acids is 1. The zero-order valence-electron chi connectivity index (χ0n) is 14.6. The number of aromatic nitrogens is 3. The van der Waals surface area contributed by atoms with Crippen molar-refractivity contribution in [2.75, 3.05) is 6.54 Å². The lowest BCUT2D eigenvalue weighted by atomic mass is 10.00. The van der Waals surface area contributed by atoms with Crippen molar-refractivity contribution in [3.8, 4) is 0 Å². The van der Waals surface area contributed by atoms with E-state index < -0.39 is 0 Å². The Bertz CT molecular complexity index is 1000. The number of nitrogens with zero attached hydrogens (tertiary/aromatic N) is 4. The molecule has 1 aliphatic heterocycles. The first-order chi connectivity index (χ1) is 12.1. The van der Waals surface area contributed by atoms with Crippen LogP contribution in [0.1, 0.15) is 38.4 Å². The molecule has 7 heteroatoms. The van der Waals surface area contributed by atoms with Gasteiger partial charge in [-0.25, -0.2) is 4.68 Å². The lowest BCUT2D eigenvalue weighted by Crippen LogP contribution is -2.46. The lowest BCUT2D eigenvalue weighted by Gasteiger charge is -2.35. The van der Waals surface area contributed by atoms with Gasteiger partial charge in [-0.3, -0.25) is 14.0 Å². The second-order valence-corrected chi connectivity index (χ2v) is 7.60. The number of fused-ring (bicyclic) bond motifs is 3. The number of thiophene rings is 1. The predicted octanol–water partition coefficient (Wildman–Crippen LogP) is 2.81. The molecule has 1 atom stereocenters. The Morgan fingerprint density at radius 2 is 2.24 bits per heavy atom. The van der Waals surface area contributed by atoms with Gasteiger partial charge >= 0.3 is 0 Å². The van der Waals surface area contributed by atoms with Gasteiger partial charge in [-0.2, -0.15) is 5.10 Å². The summed E-state index contributed by atoms with van der Waals surface area (Å²) in [6, 6.07) is 4.18. The van der Waals surface area contributed by atoms with Gasteiger partial charge in [0.1, 0.15) is 22.7 Å². The van der Waals surface area contributed by atoms with Crippen molar-refractivity contribution in [1.29, 1.82) is 0 Å².